The van der Waals surface area contributed by atoms with Crippen LogP contribution >= 0.6 is 0 Å². The molecule has 0 aliphatic heterocycles. The highest BCUT2D eigenvalue weighted by molar-refractivity contribution is 7.94. The van der Waals surface area contributed by atoms with E-state index in [0.29, 0.717) is 23.9 Å². The molecule has 1 saturated carbocycles. The molecule has 1 fully saturated rings. The quantitative estimate of drug-likeness (QED) is 0.585. The second-order valence-corrected chi connectivity index (χ2v) is 9.29. The Morgan fingerprint density at radius 3 is 2.46 bits per heavy atom. The summed E-state index contributed by atoms with van der Waals surface area (Å²) >= 11 is 0. The van der Waals surface area contributed by atoms with Gasteiger partial charge in [0.2, 0.25) is 0 Å². The van der Waals surface area contributed by atoms with Crippen molar-refractivity contribution in [2.45, 2.75) is 29.6 Å². The van der Waals surface area contributed by atoms with Crippen molar-refractivity contribution >= 4 is 20.5 Å². The maximum atomic E-state index is 8.44. The van der Waals surface area contributed by atoms with Gasteiger partial charge in [-0.2, -0.15) is 0 Å². The van der Waals surface area contributed by atoms with E-state index in [0.717, 1.165) is 34.2 Å². The highest BCUT2D eigenvalue weighted by Gasteiger charge is 2.30. The van der Waals surface area contributed by atoms with E-state index in [-0.39, 0.29) is 5.25 Å². The number of pyridine rings is 1. The SMILES string of the molecule is COc1cc2nccc(OCc3cccc(S(=N)(=N)C4CC4)c3)c2cc1OC. The molecule has 6 nitrogen and oxygen atoms in total. The lowest BCUT2D eigenvalue weighted by Gasteiger charge is -2.14. The van der Waals surface area contributed by atoms with E-state index >= 15 is 0 Å². The molecule has 1 aliphatic carbocycles. The van der Waals surface area contributed by atoms with Crippen molar-refractivity contribution in [1.29, 1.82) is 9.56 Å². The minimum atomic E-state index is -2.22. The Bertz CT molecular complexity index is 1120. The van der Waals surface area contributed by atoms with Gasteiger partial charge in [0.15, 0.2) is 11.5 Å². The van der Waals surface area contributed by atoms with Gasteiger partial charge in [0.25, 0.3) is 0 Å². The maximum Gasteiger partial charge on any atom is 0.162 e. The summed E-state index contributed by atoms with van der Waals surface area (Å²) in [7, 11) is 0.977. The first-order chi connectivity index (χ1) is 13.5. The Kier molecular flexibility index (Phi) is 4.85. The molecule has 3 aromatic rings. The number of methoxy groups -OCH3 is 2. The fourth-order valence-electron chi connectivity index (χ4n) is 3.18. The lowest BCUT2D eigenvalue weighted by atomic mass is 10.1. The number of hydrogen-bond acceptors (Lipinski definition) is 6. The van der Waals surface area contributed by atoms with E-state index in [4.69, 9.17) is 23.8 Å². The molecule has 28 heavy (non-hydrogen) atoms. The summed E-state index contributed by atoms with van der Waals surface area (Å²) in [5.74, 6) is 1.95. The normalized spacial score (nSPS) is 14.1. The van der Waals surface area contributed by atoms with E-state index in [9.17, 15) is 0 Å². The van der Waals surface area contributed by atoms with Crippen LogP contribution in [-0.4, -0.2) is 24.5 Å². The Hall–Kier alpha value is -2.80. The first-order valence-electron chi connectivity index (χ1n) is 9.07. The molecule has 0 spiro atoms. The molecule has 2 aromatic carbocycles. The van der Waals surface area contributed by atoms with Crippen molar-refractivity contribution in [3.8, 4) is 17.2 Å². The summed E-state index contributed by atoms with van der Waals surface area (Å²) in [5, 5.41) is 1.06. The minimum absolute atomic E-state index is 0.218. The summed E-state index contributed by atoms with van der Waals surface area (Å²) < 4.78 is 33.7. The largest absolute Gasteiger partial charge is 0.493 e. The third kappa shape index (κ3) is 3.49. The van der Waals surface area contributed by atoms with Gasteiger partial charge in [0.05, 0.1) is 19.7 Å². The van der Waals surface area contributed by atoms with Crippen LogP contribution in [0.3, 0.4) is 0 Å². The molecule has 1 aliphatic rings. The number of rotatable bonds is 7. The van der Waals surface area contributed by atoms with E-state index in [1.165, 1.54) is 0 Å². The van der Waals surface area contributed by atoms with Gasteiger partial charge in [-0.25, -0.2) is 0 Å². The fourth-order valence-corrected chi connectivity index (χ4v) is 5.04. The summed E-state index contributed by atoms with van der Waals surface area (Å²) in [4.78, 5) is 5.20. The summed E-state index contributed by atoms with van der Waals surface area (Å²) in [6.07, 6.45) is 3.70. The second-order valence-electron chi connectivity index (χ2n) is 6.83. The third-order valence-corrected chi connectivity index (χ3v) is 7.36. The zero-order chi connectivity index (χ0) is 19.7. The van der Waals surface area contributed by atoms with Crippen LogP contribution in [0, 0.1) is 9.56 Å². The van der Waals surface area contributed by atoms with Crippen LogP contribution in [0.5, 0.6) is 17.2 Å². The van der Waals surface area contributed by atoms with Gasteiger partial charge in [0.1, 0.15) is 12.4 Å². The van der Waals surface area contributed by atoms with Crippen LogP contribution < -0.4 is 14.2 Å². The molecule has 0 unspecified atom stereocenters. The number of fused-ring (bicyclic) bond motifs is 1. The highest BCUT2D eigenvalue weighted by Crippen LogP contribution is 2.36. The Labute approximate surface area is 164 Å². The molecule has 2 N–H and O–H groups in total. The number of nitrogens with zero attached hydrogens (tertiary/aromatic N) is 1. The number of nitrogens with one attached hydrogen (secondary N) is 2. The summed E-state index contributed by atoms with van der Waals surface area (Å²) in [6, 6.07) is 13.3. The van der Waals surface area contributed by atoms with Crippen LogP contribution in [0.1, 0.15) is 18.4 Å². The van der Waals surface area contributed by atoms with Gasteiger partial charge in [-0.05, 0) is 52.3 Å². The molecule has 0 amide bonds. The van der Waals surface area contributed by atoms with Crippen molar-refractivity contribution in [2.75, 3.05) is 14.2 Å². The number of ether oxygens (including phenoxy) is 3. The third-order valence-electron chi connectivity index (χ3n) is 4.90. The van der Waals surface area contributed by atoms with Gasteiger partial charge < -0.3 is 14.2 Å². The highest BCUT2D eigenvalue weighted by atomic mass is 32.2. The fraction of sp³-hybridized carbons (Fsp3) is 0.286. The standard InChI is InChI=1S/C21H23N3O3S/c1-25-20-11-17-18(12-21(20)26-2)24-9-8-19(17)27-13-14-4-3-5-16(10-14)28(22,23)15-6-7-15/h3-5,8-12,15,22-23H,6-7,13H2,1-2H3. The zero-order valence-electron chi connectivity index (χ0n) is 15.9. The lowest BCUT2D eigenvalue weighted by molar-refractivity contribution is 0.309. The van der Waals surface area contributed by atoms with Crippen LogP contribution in [0.2, 0.25) is 0 Å². The van der Waals surface area contributed by atoms with Gasteiger partial charge >= 0.3 is 0 Å². The molecule has 4 rings (SSSR count). The Morgan fingerprint density at radius 1 is 1.00 bits per heavy atom. The van der Waals surface area contributed by atoms with E-state index < -0.39 is 9.62 Å². The molecule has 1 heterocycles. The molecule has 0 bridgehead atoms. The van der Waals surface area contributed by atoms with Crippen molar-refractivity contribution < 1.29 is 14.2 Å². The molecular formula is C21H23N3O3S. The van der Waals surface area contributed by atoms with Crippen molar-refractivity contribution in [3.05, 3.63) is 54.2 Å². The van der Waals surface area contributed by atoms with Crippen LogP contribution in [0.4, 0.5) is 0 Å². The topological polar surface area (TPSA) is 88.3 Å². The average molecular weight is 398 g/mol. The minimum Gasteiger partial charge on any atom is -0.493 e. The molecule has 146 valence electrons. The van der Waals surface area contributed by atoms with Gasteiger partial charge in [-0.1, -0.05) is 12.1 Å². The van der Waals surface area contributed by atoms with Crippen LogP contribution in [0.15, 0.2) is 53.6 Å². The van der Waals surface area contributed by atoms with Crippen molar-refractivity contribution in [1.82, 2.24) is 4.98 Å². The average Bonchev–Trinajstić information content (AvgIpc) is 3.57. The Morgan fingerprint density at radius 2 is 1.75 bits per heavy atom. The first-order valence-corrected chi connectivity index (χ1v) is 10.8. The first kappa shape index (κ1) is 18.6. The maximum absolute atomic E-state index is 8.44. The smallest absolute Gasteiger partial charge is 0.162 e. The lowest BCUT2D eigenvalue weighted by Crippen LogP contribution is -2.04. The predicted octanol–water partition coefficient (Wildman–Crippen LogP) is 5.03. The number of benzene rings is 2. The molecule has 0 saturated heterocycles. The molecular weight excluding hydrogens is 374 g/mol. The van der Waals surface area contributed by atoms with Crippen molar-refractivity contribution in [3.63, 3.8) is 0 Å². The summed E-state index contributed by atoms with van der Waals surface area (Å²) in [6.45, 7) is 0.363. The summed E-state index contributed by atoms with van der Waals surface area (Å²) in [5.41, 5.74) is 1.72. The molecule has 0 radical (unpaired) electrons. The van der Waals surface area contributed by atoms with Crippen LogP contribution in [0.25, 0.3) is 10.9 Å². The number of hydrogen-bond donors (Lipinski definition) is 2. The van der Waals surface area contributed by atoms with E-state index in [2.05, 4.69) is 4.98 Å². The van der Waals surface area contributed by atoms with Crippen LogP contribution in [-0.2, 0) is 16.2 Å². The molecule has 0 atom stereocenters. The monoisotopic (exact) mass is 397 g/mol. The Balaban J connectivity index is 1.61. The zero-order valence-corrected chi connectivity index (χ0v) is 16.7. The van der Waals surface area contributed by atoms with Gasteiger partial charge in [-0.15, -0.1) is 0 Å². The second kappa shape index (κ2) is 7.31. The predicted molar refractivity (Wildman–Crippen MR) is 110 cm³/mol. The van der Waals surface area contributed by atoms with Gasteiger partial charge in [0, 0.05) is 27.8 Å². The molecule has 1 aromatic heterocycles. The van der Waals surface area contributed by atoms with E-state index in [1.807, 2.05) is 42.5 Å². The van der Waals surface area contributed by atoms with Crippen molar-refractivity contribution in [2.24, 2.45) is 0 Å². The molecule has 7 heteroatoms. The van der Waals surface area contributed by atoms with E-state index in [1.54, 1.807) is 20.4 Å². The van der Waals surface area contributed by atoms with Gasteiger partial charge in [-0.3, -0.25) is 14.5 Å². The number of aromatic nitrogens is 1.